The molecule has 1 atom stereocenters. The molecule has 0 aliphatic heterocycles. The molecule has 0 saturated carbocycles. The molecule has 20 heavy (non-hydrogen) atoms. The van der Waals surface area contributed by atoms with Crippen LogP contribution >= 0.6 is 11.6 Å². The molecule has 5 heteroatoms. The third-order valence-corrected chi connectivity index (χ3v) is 3.37. The van der Waals surface area contributed by atoms with Crippen molar-refractivity contribution in [2.24, 2.45) is 0 Å². The number of nitrogens with one attached hydrogen (secondary N) is 1. The van der Waals surface area contributed by atoms with Gasteiger partial charge in [0.2, 0.25) is 5.76 Å². The van der Waals surface area contributed by atoms with Crippen LogP contribution in [0.2, 0.25) is 5.02 Å². The van der Waals surface area contributed by atoms with Crippen molar-refractivity contribution in [3.63, 3.8) is 0 Å². The summed E-state index contributed by atoms with van der Waals surface area (Å²) < 4.78 is 5.30. The smallest absolute Gasteiger partial charge is 0.372 e. The highest BCUT2D eigenvalue weighted by Gasteiger charge is 2.14. The number of hydrogen-bond acceptors (Lipinski definition) is 3. The van der Waals surface area contributed by atoms with Crippen LogP contribution < -0.4 is 5.32 Å². The number of benzene rings is 1. The molecule has 1 aromatic carbocycles. The lowest BCUT2D eigenvalue weighted by Gasteiger charge is -2.13. The summed E-state index contributed by atoms with van der Waals surface area (Å²) in [7, 11) is 0. The lowest BCUT2D eigenvalue weighted by atomic mass is 10.1. The SMILES string of the molecule is Cc1cc(CNC(C)c2ccc(Cl)cc2)oc1C(=O)O. The molecule has 0 radical (unpaired) electrons. The second kappa shape index (κ2) is 6.11. The van der Waals surface area contributed by atoms with E-state index in [1.54, 1.807) is 13.0 Å². The van der Waals surface area contributed by atoms with Crippen molar-refractivity contribution in [2.75, 3.05) is 0 Å². The molecule has 0 aliphatic carbocycles. The van der Waals surface area contributed by atoms with E-state index in [1.807, 2.05) is 31.2 Å². The second-order valence-electron chi connectivity index (χ2n) is 4.68. The summed E-state index contributed by atoms with van der Waals surface area (Å²) in [5, 5.41) is 12.9. The number of aryl methyl sites for hydroxylation is 1. The number of rotatable bonds is 5. The Hall–Kier alpha value is -1.78. The van der Waals surface area contributed by atoms with E-state index in [9.17, 15) is 4.79 Å². The predicted molar refractivity (Wildman–Crippen MR) is 77.1 cm³/mol. The monoisotopic (exact) mass is 293 g/mol. The minimum Gasteiger partial charge on any atom is -0.475 e. The number of carboxylic acid groups (broad SMARTS) is 1. The van der Waals surface area contributed by atoms with Gasteiger partial charge in [-0.05, 0) is 37.6 Å². The maximum absolute atomic E-state index is 10.9. The summed E-state index contributed by atoms with van der Waals surface area (Å²) >= 11 is 5.85. The number of halogens is 1. The van der Waals surface area contributed by atoms with Gasteiger partial charge in [0.05, 0.1) is 6.54 Å². The van der Waals surface area contributed by atoms with E-state index in [1.165, 1.54) is 0 Å². The highest BCUT2D eigenvalue weighted by atomic mass is 35.5. The molecule has 1 unspecified atom stereocenters. The second-order valence-corrected chi connectivity index (χ2v) is 5.12. The lowest BCUT2D eigenvalue weighted by molar-refractivity contribution is 0.0659. The Labute approximate surface area is 122 Å². The fourth-order valence-corrected chi connectivity index (χ4v) is 2.10. The van der Waals surface area contributed by atoms with Crippen LogP contribution in [0.15, 0.2) is 34.7 Å². The van der Waals surface area contributed by atoms with E-state index in [4.69, 9.17) is 21.1 Å². The topological polar surface area (TPSA) is 62.5 Å². The van der Waals surface area contributed by atoms with Crippen LogP contribution in [0, 0.1) is 6.92 Å². The van der Waals surface area contributed by atoms with E-state index in [0.717, 1.165) is 5.56 Å². The van der Waals surface area contributed by atoms with Crippen molar-refractivity contribution >= 4 is 17.6 Å². The molecule has 1 heterocycles. The molecule has 4 nitrogen and oxygen atoms in total. The Morgan fingerprint density at radius 3 is 2.60 bits per heavy atom. The highest BCUT2D eigenvalue weighted by Crippen LogP contribution is 2.18. The van der Waals surface area contributed by atoms with Crippen molar-refractivity contribution in [2.45, 2.75) is 26.4 Å². The molecular weight excluding hydrogens is 278 g/mol. The highest BCUT2D eigenvalue weighted by molar-refractivity contribution is 6.30. The molecule has 0 bridgehead atoms. The Balaban J connectivity index is 1.99. The predicted octanol–water partition coefficient (Wildman–Crippen LogP) is 3.79. The van der Waals surface area contributed by atoms with Gasteiger partial charge in [-0.3, -0.25) is 0 Å². The molecule has 2 N–H and O–H groups in total. The standard InChI is InChI=1S/C15H16ClNO3/c1-9-7-13(20-14(9)15(18)19)8-17-10(2)11-3-5-12(16)6-4-11/h3-7,10,17H,8H2,1-2H3,(H,18,19). The number of carbonyl (C=O) groups is 1. The van der Waals surface area contributed by atoms with Crippen molar-refractivity contribution in [1.82, 2.24) is 5.32 Å². The first-order valence-electron chi connectivity index (χ1n) is 6.29. The quantitative estimate of drug-likeness (QED) is 0.880. The Bertz CT molecular complexity index is 604. The summed E-state index contributed by atoms with van der Waals surface area (Å²) in [6, 6.07) is 9.45. The molecule has 2 aromatic rings. The Morgan fingerprint density at radius 1 is 1.40 bits per heavy atom. The van der Waals surface area contributed by atoms with E-state index in [-0.39, 0.29) is 11.8 Å². The molecule has 0 saturated heterocycles. The fourth-order valence-electron chi connectivity index (χ4n) is 1.97. The van der Waals surface area contributed by atoms with Crippen LogP contribution in [0.1, 0.15) is 40.4 Å². The third kappa shape index (κ3) is 3.40. The zero-order valence-corrected chi connectivity index (χ0v) is 12.1. The number of hydrogen-bond donors (Lipinski definition) is 2. The summed E-state index contributed by atoms with van der Waals surface area (Å²) in [5.41, 5.74) is 1.74. The van der Waals surface area contributed by atoms with Crippen LogP contribution in [0.5, 0.6) is 0 Å². The Kier molecular flexibility index (Phi) is 4.47. The maximum Gasteiger partial charge on any atom is 0.372 e. The van der Waals surface area contributed by atoms with E-state index in [0.29, 0.717) is 22.9 Å². The van der Waals surface area contributed by atoms with Gasteiger partial charge in [0, 0.05) is 16.6 Å². The van der Waals surface area contributed by atoms with Crippen LogP contribution in [0.4, 0.5) is 0 Å². The van der Waals surface area contributed by atoms with Crippen molar-refractivity contribution in [3.05, 3.63) is 58.0 Å². The van der Waals surface area contributed by atoms with Crippen molar-refractivity contribution in [1.29, 1.82) is 0 Å². The molecule has 0 aliphatic rings. The third-order valence-electron chi connectivity index (χ3n) is 3.12. The van der Waals surface area contributed by atoms with Gasteiger partial charge in [-0.15, -0.1) is 0 Å². The summed E-state index contributed by atoms with van der Waals surface area (Å²) in [6.07, 6.45) is 0. The number of furan rings is 1. The van der Waals surface area contributed by atoms with E-state index >= 15 is 0 Å². The fraction of sp³-hybridized carbons (Fsp3) is 0.267. The normalized spacial score (nSPS) is 12.3. The van der Waals surface area contributed by atoms with Gasteiger partial charge in [-0.1, -0.05) is 23.7 Å². The van der Waals surface area contributed by atoms with Crippen molar-refractivity contribution in [3.8, 4) is 0 Å². The first-order valence-corrected chi connectivity index (χ1v) is 6.66. The number of carboxylic acids is 1. The van der Waals surface area contributed by atoms with Crippen LogP contribution in [0.25, 0.3) is 0 Å². The van der Waals surface area contributed by atoms with Gasteiger partial charge in [-0.2, -0.15) is 0 Å². The molecule has 106 valence electrons. The van der Waals surface area contributed by atoms with Crippen LogP contribution in [-0.4, -0.2) is 11.1 Å². The molecule has 0 spiro atoms. The zero-order valence-electron chi connectivity index (χ0n) is 11.3. The van der Waals surface area contributed by atoms with Gasteiger partial charge < -0.3 is 14.8 Å². The molecule has 2 rings (SSSR count). The average Bonchev–Trinajstić information content (AvgIpc) is 2.78. The van der Waals surface area contributed by atoms with Crippen LogP contribution in [0.3, 0.4) is 0 Å². The zero-order chi connectivity index (χ0) is 14.7. The van der Waals surface area contributed by atoms with Gasteiger partial charge in [0.15, 0.2) is 0 Å². The summed E-state index contributed by atoms with van der Waals surface area (Å²) in [6.45, 7) is 4.22. The maximum atomic E-state index is 10.9. The largest absolute Gasteiger partial charge is 0.475 e. The van der Waals surface area contributed by atoms with E-state index < -0.39 is 5.97 Å². The number of aromatic carboxylic acids is 1. The van der Waals surface area contributed by atoms with Gasteiger partial charge >= 0.3 is 5.97 Å². The minimum absolute atomic E-state index is 0.000876. The van der Waals surface area contributed by atoms with E-state index in [2.05, 4.69) is 5.32 Å². The lowest BCUT2D eigenvalue weighted by Crippen LogP contribution is -2.17. The van der Waals surface area contributed by atoms with Crippen molar-refractivity contribution < 1.29 is 14.3 Å². The molecule has 1 aromatic heterocycles. The molecular formula is C15H16ClNO3. The molecule has 0 fully saturated rings. The summed E-state index contributed by atoms with van der Waals surface area (Å²) in [4.78, 5) is 10.9. The first kappa shape index (κ1) is 14.6. The average molecular weight is 294 g/mol. The summed E-state index contributed by atoms with van der Waals surface area (Å²) in [5.74, 6) is -0.429. The van der Waals surface area contributed by atoms with Gasteiger partial charge in [-0.25, -0.2) is 4.79 Å². The van der Waals surface area contributed by atoms with Gasteiger partial charge in [0.1, 0.15) is 5.76 Å². The first-order chi connectivity index (χ1) is 9.47. The molecule has 0 amide bonds. The van der Waals surface area contributed by atoms with Crippen LogP contribution in [-0.2, 0) is 6.54 Å². The Morgan fingerprint density at radius 2 is 2.05 bits per heavy atom. The van der Waals surface area contributed by atoms with Gasteiger partial charge in [0.25, 0.3) is 0 Å². The minimum atomic E-state index is -1.04.